The summed E-state index contributed by atoms with van der Waals surface area (Å²) in [6.07, 6.45) is 5.94. The van der Waals surface area contributed by atoms with E-state index in [1.165, 1.54) is 31.2 Å². The molecule has 1 aromatic carbocycles. The van der Waals surface area contributed by atoms with Crippen molar-refractivity contribution in [3.8, 4) is 0 Å². The molecule has 1 aromatic rings. The smallest absolute Gasteiger partial charge is 0.0294 e. The van der Waals surface area contributed by atoms with E-state index in [-0.39, 0.29) is 0 Å². The molecule has 0 saturated heterocycles. The summed E-state index contributed by atoms with van der Waals surface area (Å²) in [5, 5.41) is 3.83. The fourth-order valence-corrected chi connectivity index (χ4v) is 4.54. The van der Waals surface area contributed by atoms with Gasteiger partial charge in [-0.05, 0) is 68.6 Å². The Morgan fingerprint density at radius 3 is 2.42 bits per heavy atom. The minimum absolute atomic E-state index is 0.447. The summed E-state index contributed by atoms with van der Waals surface area (Å²) in [4.78, 5) is 0. The van der Waals surface area contributed by atoms with Crippen LogP contribution < -0.4 is 5.32 Å². The number of benzene rings is 1. The summed E-state index contributed by atoms with van der Waals surface area (Å²) < 4.78 is 1.16. The maximum Gasteiger partial charge on any atom is 0.0294 e. The third kappa shape index (κ3) is 2.90. The molecule has 3 rings (SSSR count). The topological polar surface area (TPSA) is 12.0 Å². The van der Waals surface area contributed by atoms with E-state index in [0.29, 0.717) is 12.1 Å². The minimum Gasteiger partial charge on any atom is -0.307 e. The molecule has 2 aliphatic carbocycles. The van der Waals surface area contributed by atoms with Gasteiger partial charge in [0.1, 0.15) is 0 Å². The zero-order valence-corrected chi connectivity index (χ0v) is 13.5. The van der Waals surface area contributed by atoms with Crippen molar-refractivity contribution in [1.29, 1.82) is 0 Å². The standard InChI is InChI=1S/C17H24BrN/c1-11(14-5-7-16(18)8-6-14)19-12(2)17-10-13-3-4-15(17)9-13/h5-8,11-13,15,17,19H,3-4,9-10H2,1-2H3. The SMILES string of the molecule is CC(NC(C)C1CC2CCC1C2)c1ccc(Br)cc1. The van der Waals surface area contributed by atoms with Gasteiger partial charge in [-0.15, -0.1) is 0 Å². The first-order valence-corrected chi connectivity index (χ1v) is 8.44. The van der Waals surface area contributed by atoms with E-state index < -0.39 is 0 Å². The number of fused-ring (bicyclic) bond motifs is 2. The maximum atomic E-state index is 3.83. The van der Waals surface area contributed by atoms with E-state index in [1.807, 2.05) is 0 Å². The molecule has 5 atom stereocenters. The number of halogens is 1. The Morgan fingerprint density at radius 2 is 1.84 bits per heavy atom. The van der Waals surface area contributed by atoms with Crippen LogP contribution in [0.3, 0.4) is 0 Å². The zero-order valence-electron chi connectivity index (χ0n) is 11.9. The highest BCUT2D eigenvalue weighted by molar-refractivity contribution is 9.10. The van der Waals surface area contributed by atoms with Gasteiger partial charge in [0.05, 0.1) is 0 Å². The summed E-state index contributed by atoms with van der Waals surface area (Å²) >= 11 is 3.50. The summed E-state index contributed by atoms with van der Waals surface area (Å²) in [6.45, 7) is 4.67. The molecule has 1 N–H and O–H groups in total. The molecule has 19 heavy (non-hydrogen) atoms. The molecule has 2 aliphatic rings. The first kappa shape index (κ1) is 13.6. The van der Waals surface area contributed by atoms with E-state index >= 15 is 0 Å². The van der Waals surface area contributed by atoms with Crippen LogP contribution >= 0.6 is 15.9 Å². The quantitative estimate of drug-likeness (QED) is 0.829. The lowest BCUT2D eigenvalue weighted by molar-refractivity contribution is 0.248. The second-order valence-corrected chi connectivity index (χ2v) is 7.48. The van der Waals surface area contributed by atoms with Crippen molar-refractivity contribution in [3.05, 3.63) is 34.3 Å². The third-order valence-corrected chi connectivity index (χ3v) is 5.85. The molecular weight excluding hydrogens is 298 g/mol. The maximum absolute atomic E-state index is 3.83. The van der Waals surface area contributed by atoms with Crippen LogP contribution in [-0.2, 0) is 0 Å². The van der Waals surface area contributed by atoms with Gasteiger partial charge in [-0.2, -0.15) is 0 Å². The van der Waals surface area contributed by atoms with Gasteiger partial charge >= 0.3 is 0 Å². The van der Waals surface area contributed by atoms with Crippen molar-refractivity contribution in [2.24, 2.45) is 17.8 Å². The molecule has 0 aliphatic heterocycles. The van der Waals surface area contributed by atoms with Gasteiger partial charge in [-0.25, -0.2) is 0 Å². The average molecular weight is 322 g/mol. The summed E-state index contributed by atoms with van der Waals surface area (Å²) in [5.74, 6) is 2.96. The van der Waals surface area contributed by atoms with Crippen LogP contribution in [0.25, 0.3) is 0 Å². The van der Waals surface area contributed by atoms with Crippen molar-refractivity contribution >= 4 is 15.9 Å². The molecule has 2 heteroatoms. The van der Waals surface area contributed by atoms with Crippen molar-refractivity contribution in [2.45, 2.75) is 51.6 Å². The highest BCUT2D eigenvalue weighted by Gasteiger charge is 2.41. The Labute approximate surface area is 125 Å². The molecule has 0 amide bonds. The monoisotopic (exact) mass is 321 g/mol. The molecule has 5 unspecified atom stereocenters. The Kier molecular flexibility index (Phi) is 4.00. The Morgan fingerprint density at radius 1 is 1.11 bits per heavy atom. The minimum atomic E-state index is 0.447. The molecular formula is C17H24BrN. The lowest BCUT2D eigenvalue weighted by Gasteiger charge is -2.31. The van der Waals surface area contributed by atoms with Crippen LogP contribution in [0.4, 0.5) is 0 Å². The molecule has 104 valence electrons. The average Bonchev–Trinajstić information content (AvgIpc) is 3.01. The first-order valence-electron chi connectivity index (χ1n) is 7.65. The number of hydrogen-bond acceptors (Lipinski definition) is 1. The Balaban J connectivity index is 1.60. The molecule has 0 heterocycles. The van der Waals surface area contributed by atoms with Crippen molar-refractivity contribution in [3.63, 3.8) is 0 Å². The van der Waals surface area contributed by atoms with Gasteiger partial charge in [-0.1, -0.05) is 34.5 Å². The second-order valence-electron chi connectivity index (χ2n) is 6.57. The highest BCUT2D eigenvalue weighted by atomic mass is 79.9. The van der Waals surface area contributed by atoms with Gasteiger partial charge in [0.2, 0.25) is 0 Å². The highest BCUT2D eigenvalue weighted by Crippen LogP contribution is 2.49. The van der Waals surface area contributed by atoms with Crippen LogP contribution in [0, 0.1) is 17.8 Å². The van der Waals surface area contributed by atoms with Crippen LogP contribution in [-0.4, -0.2) is 6.04 Å². The van der Waals surface area contributed by atoms with Crippen molar-refractivity contribution < 1.29 is 0 Å². The van der Waals surface area contributed by atoms with E-state index in [9.17, 15) is 0 Å². The predicted octanol–water partition coefficient (Wildman–Crippen LogP) is 4.92. The van der Waals surface area contributed by atoms with Crippen molar-refractivity contribution in [2.75, 3.05) is 0 Å². The van der Waals surface area contributed by atoms with Crippen LogP contribution in [0.5, 0.6) is 0 Å². The van der Waals surface area contributed by atoms with Gasteiger partial charge in [0.25, 0.3) is 0 Å². The molecule has 0 aromatic heterocycles. The third-order valence-electron chi connectivity index (χ3n) is 5.32. The molecule has 2 fully saturated rings. The van der Waals surface area contributed by atoms with Crippen molar-refractivity contribution in [1.82, 2.24) is 5.32 Å². The second kappa shape index (κ2) is 5.57. The molecule has 2 saturated carbocycles. The Hall–Kier alpha value is -0.340. The Bertz CT molecular complexity index is 427. The van der Waals surface area contributed by atoms with Crippen LogP contribution in [0.1, 0.15) is 51.1 Å². The fraction of sp³-hybridized carbons (Fsp3) is 0.647. The largest absolute Gasteiger partial charge is 0.307 e. The van der Waals surface area contributed by atoms with Crippen LogP contribution in [0.2, 0.25) is 0 Å². The number of hydrogen-bond donors (Lipinski definition) is 1. The first-order chi connectivity index (χ1) is 9.13. The molecule has 0 spiro atoms. The van der Waals surface area contributed by atoms with Gasteiger partial charge in [0.15, 0.2) is 0 Å². The van der Waals surface area contributed by atoms with Gasteiger partial charge in [0, 0.05) is 16.6 Å². The normalized spacial score (nSPS) is 32.5. The lowest BCUT2D eigenvalue weighted by atomic mass is 9.83. The zero-order chi connectivity index (χ0) is 13.4. The number of nitrogens with one attached hydrogen (secondary N) is 1. The van der Waals surface area contributed by atoms with Crippen LogP contribution in [0.15, 0.2) is 28.7 Å². The molecule has 0 radical (unpaired) electrons. The van der Waals surface area contributed by atoms with E-state index in [2.05, 4.69) is 59.4 Å². The van der Waals surface area contributed by atoms with Gasteiger partial charge in [-0.3, -0.25) is 0 Å². The summed E-state index contributed by atoms with van der Waals surface area (Å²) in [7, 11) is 0. The van der Waals surface area contributed by atoms with Gasteiger partial charge < -0.3 is 5.32 Å². The summed E-state index contributed by atoms with van der Waals surface area (Å²) in [5.41, 5.74) is 1.39. The van der Waals surface area contributed by atoms with E-state index in [4.69, 9.17) is 0 Å². The van der Waals surface area contributed by atoms with E-state index in [0.717, 1.165) is 22.2 Å². The fourth-order valence-electron chi connectivity index (χ4n) is 4.27. The predicted molar refractivity (Wildman–Crippen MR) is 84.1 cm³/mol. The molecule has 2 bridgehead atoms. The summed E-state index contributed by atoms with van der Waals surface area (Å²) in [6, 6.07) is 9.80. The van der Waals surface area contributed by atoms with E-state index in [1.54, 1.807) is 0 Å². The number of rotatable bonds is 4. The molecule has 1 nitrogen and oxygen atoms in total. The lowest BCUT2D eigenvalue weighted by Crippen LogP contribution is -2.37.